The maximum atomic E-state index is 12.0. The number of nitrogens with one attached hydrogen (secondary N) is 1. The Labute approximate surface area is 131 Å². The first-order valence-electron chi connectivity index (χ1n) is 7.95. The predicted molar refractivity (Wildman–Crippen MR) is 84.1 cm³/mol. The number of fused-ring (bicyclic) bond motifs is 1. The number of carbonyl (C=O) groups excluding carboxylic acids is 1. The summed E-state index contributed by atoms with van der Waals surface area (Å²) >= 11 is 0. The molecule has 1 N–H and O–H groups in total. The van der Waals surface area contributed by atoms with E-state index in [9.17, 15) is 4.79 Å². The molecule has 5 nitrogen and oxygen atoms in total. The van der Waals surface area contributed by atoms with Crippen LogP contribution in [0.15, 0.2) is 18.2 Å². The second-order valence-corrected chi connectivity index (χ2v) is 6.15. The van der Waals surface area contributed by atoms with Crippen LogP contribution in [0.5, 0.6) is 11.5 Å². The zero-order valence-corrected chi connectivity index (χ0v) is 13.3. The molecule has 3 rings (SSSR count). The molecule has 1 heterocycles. The van der Waals surface area contributed by atoms with E-state index >= 15 is 0 Å². The number of amides is 1. The SMILES string of the molecule is COc1cc(CN2CC(=O)N[C@H]3CCCC[C@@H]32)cc(OC)c1. The number of ether oxygens (including phenoxy) is 2. The molecule has 22 heavy (non-hydrogen) atoms. The van der Waals surface area contributed by atoms with E-state index in [1.807, 2.05) is 18.2 Å². The average molecular weight is 304 g/mol. The van der Waals surface area contributed by atoms with Crippen molar-refractivity contribution in [3.8, 4) is 11.5 Å². The third kappa shape index (κ3) is 3.19. The van der Waals surface area contributed by atoms with E-state index in [0.29, 0.717) is 18.6 Å². The van der Waals surface area contributed by atoms with Crippen LogP contribution in [0.4, 0.5) is 0 Å². The maximum Gasteiger partial charge on any atom is 0.234 e. The van der Waals surface area contributed by atoms with Gasteiger partial charge in [-0.15, -0.1) is 0 Å². The Balaban J connectivity index is 1.79. The molecule has 5 heteroatoms. The summed E-state index contributed by atoms with van der Waals surface area (Å²) in [6.07, 6.45) is 4.71. The minimum absolute atomic E-state index is 0.137. The number of rotatable bonds is 4. The van der Waals surface area contributed by atoms with Crippen molar-refractivity contribution in [1.82, 2.24) is 10.2 Å². The van der Waals surface area contributed by atoms with Gasteiger partial charge < -0.3 is 14.8 Å². The highest BCUT2D eigenvalue weighted by Crippen LogP contribution is 2.29. The van der Waals surface area contributed by atoms with E-state index in [0.717, 1.165) is 36.4 Å². The maximum absolute atomic E-state index is 12.0. The number of nitrogens with zero attached hydrogens (tertiary/aromatic N) is 1. The van der Waals surface area contributed by atoms with Crippen molar-refractivity contribution >= 4 is 5.91 Å². The zero-order valence-electron chi connectivity index (χ0n) is 13.3. The monoisotopic (exact) mass is 304 g/mol. The van der Waals surface area contributed by atoms with Crippen LogP contribution in [0.3, 0.4) is 0 Å². The summed E-state index contributed by atoms with van der Waals surface area (Å²) in [5, 5.41) is 3.15. The van der Waals surface area contributed by atoms with Gasteiger partial charge in [-0.2, -0.15) is 0 Å². The van der Waals surface area contributed by atoms with Crippen LogP contribution in [-0.4, -0.2) is 43.7 Å². The largest absolute Gasteiger partial charge is 0.497 e. The van der Waals surface area contributed by atoms with Crippen LogP contribution in [0.2, 0.25) is 0 Å². The molecule has 1 aliphatic carbocycles. The van der Waals surface area contributed by atoms with Gasteiger partial charge in [-0.05, 0) is 30.5 Å². The first-order valence-corrected chi connectivity index (χ1v) is 7.95. The quantitative estimate of drug-likeness (QED) is 0.924. The van der Waals surface area contributed by atoms with Crippen molar-refractivity contribution in [3.05, 3.63) is 23.8 Å². The Morgan fingerprint density at radius 3 is 2.50 bits per heavy atom. The molecule has 2 fully saturated rings. The molecule has 0 spiro atoms. The summed E-state index contributed by atoms with van der Waals surface area (Å²) < 4.78 is 10.7. The molecule has 1 saturated carbocycles. The Bertz CT molecular complexity index is 524. The van der Waals surface area contributed by atoms with Crippen LogP contribution in [0.1, 0.15) is 31.2 Å². The van der Waals surface area contributed by atoms with E-state index in [1.54, 1.807) is 14.2 Å². The fraction of sp³-hybridized carbons (Fsp3) is 0.588. The smallest absolute Gasteiger partial charge is 0.234 e. The molecule has 1 aromatic carbocycles. The normalized spacial score (nSPS) is 25.3. The van der Waals surface area contributed by atoms with Gasteiger partial charge in [0.15, 0.2) is 0 Å². The van der Waals surface area contributed by atoms with Gasteiger partial charge in [-0.25, -0.2) is 0 Å². The lowest BCUT2D eigenvalue weighted by Crippen LogP contribution is -2.61. The van der Waals surface area contributed by atoms with Gasteiger partial charge in [0.1, 0.15) is 11.5 Å². The Morgan fingerprint density at radius 2 is 1.82 bits per heavy atom. The van der Waals surface area contributed by atoms with Gasteiger partial charge in [-0.3, -0.25) is 9.69 Å². The van der Waals surface area contributed by atoms with Crippen molar-refractivity contribution in [2.45, 2.75) is 44.3 Å². The van der Waals surface area contributed by atoms with Crippen LogP contribution in [-0.2, 0) is 11.3 Å². The summed E-state index contributed by atoms with van der Waals surface area (Å²) in [5.74, 6) is 1.71. The van der Waals surface area contributed by atoms with Crippen LogP contribution < -0.4 is 14.8 Å². The van der Waals surface area contributed by atoms with Gasteiger partial charge in [0.05, 0.1) is 20.8 Å². The highest BCUT2D eigenvalue weighted by atomic mass is 16.5. The van der Waals surface area contributed by atoms with E-state index < -0.39 is 0 Å². The first-order chi connectivity index (χ1) is 10.7. The number of piperazine rings is 1. The Morgan fingerprint density at radius 1 is 1.14 bits per heavy atom. The molecular weight excluding hydrogens is 280 g/mol. The molecule has 0 radical (unpaired) electrons. The third-order valence-electron chi connectivity index (χ3n) is 4.69. The molecule has 2 atom stereocenters. The van der Waals surface area contributed by atoms with Gasteiger partial charge >= 0.3 is 0 Å². The minimum Gasteiger partial charge on any atom is -0.497 e. The third-order valence-corrected chi connectivity index (χ3v) is 4.69. The van der Waals surface area contributed by atoms with Crippen molar-refractivity contribution in [3.63, 3.8) is 0 Å². The molecule has 1 saturated heterocycles. The van der Waals surface area contributed by atoms with Crippen LogP contribution in [0.25, 0.3) is 0 Å². The second-order valence-electron chi connectivity index (χ2n) is 6.15. The molecule has 0 bridgehead atoms. The fourth-order valence-corrected chi connectivity index (χ4v) is 3.64. The van der Waals surface area contributed by atoms with Crippen molar-refractivity contribution in [1.29, 1.82) is 0 Å². The number of benzene rings is 1. The lowest BCUT2D eigenvalue weighted by atomic mass is 9.87. The molecule has 0 unspecified atom stereocenters. The van der Waals surface area contributed by atoms with E-state index in [2.05, 4.69) is 10.2 Å². The highest BCUT2D eigenvalue weighted by molar-refractivity contribution is 5.79. The lowest BCUT2D eigenvalue weighted by molar-refractivity contribution is -0.128. The Kier molecular flexibility index (Phi) is 4.52. The van der Waals surface area contributed by atoms with Crippen molar-refractivity contribution in [2.24, 2.45) is 0 Å². The summed E-state index contributed by atoms with van der Waals surface area (Å²) in [6, 6.07) is 6.67. The highest BCUT2D eigenvalue weighted by Gasteiger charge is 2.36. The van der Waals surface area contributed by atoms with Crippen LogP contribution in [0, 0.1) is 0 Å². The molecule has 120 valence electrons. The molecule has 1 amide bonds. The zero-order chi connectivity index (χ0) is 15.5. The molecule has 2 aliphatic rings. The summed E-state index contributed by atoms with van der Waals surface area (Å²) in [5.41, 5.74) is 1.12. The summed E-state index contributed by atoms with van der Waals surface area (Å²) in [7, 11) is 3.31. The minimum atomic E-state index is 0.137. The Hall–Kier alpha value is -1.75. The standard InChI is InChI=1S/C17H24N2O3/c1-21-13-7-12(8-14(9-13)22-2)10-19-11-17(20)18-15-5-3-4-6-16(15)19/h7-9,15-16H,3-6,10-11H2,1-2H3,(H,18,20)/t15-,16-/m0/s1. The molecule has 1 aliphatic heterocycles. The first kappa shape index (κ1) is 15.2. The average Bonchev–Trinajstić information content (AvgIpc) is 2.54. The van der Waals surface area contributed by atoms with Crippen molar-refractivity contribution in [2.75, 3.05) is 20.8 Å². The molecular formula is C17H24N2O3. The van der Waals surface area contributed by atoms with Gasteiger partial charge in [0.25, 0.3) is 0 Å². The predicted octanol–water partition coefficient (Wildman–Crippen LogP) is 1.95. The lowest BCUT2D eigenvalue weighted by Gasteiger charge is -2.44. The van der Waals surface area contributed by atoms with Gasteiger partial charge in [-0.1, -0.05) is 12.8 Å². The van der Waals surface area contributed by atoms with Gasteiger partial charge in [0, 0.05) is 24.7 Å². The number of methoxy groups -OCH3 is 2. The van der Waals surface area contributed by atoms with Gasteiger partial charge in [0.2, 0.25) is 5.91 Å². The number of hydrogen-bond acceptors (Lipinski definition) is 4. The fourth-order valence-electron chi connectivity index (χ4n) is 3.64. The topological polar surface area (TPSA) is 50.8 Å². The molecule has 0 aromatic heterocycles. The second kappa shape index (κ2) is 6.57. The molecule has 1 aromatic rings. The van der Waals surface area contributed by atoms with E-state index in [-0.39, 0.29) is 5.91 Å². The summed E-state index contributed by atoms with van der Waals surface area (Å²) in [6.45, 7) is 1.23. The number of carbonyl (C=O) groups is 1. The van der Waals surface area contributed by atoms with E-state index in [4.69, 9.17) is 9.47 Å². The van der Waals surface area contributed by atoms with Crippen LogP contribution >= 0.6 is 0 Å². The number of hydrogen-bond donors (Lipinski definition) is 1. The van der Waals surface area contributed by atoms with Crippen molar-refractivity contribution < 1.29 is 14.3 Å². The summed E-state index contributed by atoms with van der Waals surface area (Å²) in [4.78, 5) is 14.3. The van der Waals surface area contributed by atoms with E-state index in [1.165, 1.54) is 12.8 Å².